The molecule has 1 aliphatic carbocycles. The average molecular weight is 339 g/mol. The molecule has 3 heterocycles. The number of likely N-dealkylation sites (tertiary alicyclic amines) is 1. The highest BCUT2D eigenvalue weighted by molar-refractivity contribution is 5.94. The van der Waals surface area contributed by atoms with Gasteiger partial charge in [0.25, 0.3) is 5.91 Å². The molecule has 132 valence electrons. The molecule has 2 atom stereocenters. The summed E-state index contributed by atoms with van der Waals surface area (Å²) in [5.74, 6) is 3.68. The molecule has 0 radical (unpaired) electrons. The van der Waals surface area contributed by atoms with Crippen molar-refractivity contribution in [2.24, 2.45) is 11.8 Å². The summed E-state index contributed by atoms with van der Waals surface area (Å²) in [6.45, 7) is 7.64. The minimum absolute atomic E-state index is 0.0993. The van der Waals surface area contributed by atoms with E-state index >= 15 is 0 Å². The summed E-state index contributed by atoms with van der Waals surface area (Å²) < 4.78 is 0. The number of aromatic nitrogens is 4. The molecule has 2 aromatic rings. The Morgan fingerprint density at radius 1 is 1.32 bits per heavy atom. The highest BCUT2D eigenvalue weighted by atomic mass is 16.2. The van der Waals surface area contributed by atoms with E-state index in [4.69, 9.17) is 4.98 Å². The molecule has 0 aromatic carbocycles. The third kappa shape index (κ3) is 3.17. The van der Waals surface area contributed by atoms with Crippen LogP contribution in [0.5, 0.6) is 0 Å². The molecule has 1 N–H and O–H groups in total. The molecule has 1 amide bonds. The van der Waals surface area contributed by atoms with E-state index in [1.54, 1.807) is 12.3 Å². The first-order chi connectivity index (χ1) is 12.0. The fraction of sp³-hybridized carbons (Fsp3) is 0.579. The Kier molecular flexibility index (Phi) is 4.06. The van der Waals surface area contributed by atoms with Crippen LogP contribution < -0.4 is 0 Å². The van der Waals surface area contributed by atoms with Crippen molar-refractivity contribution >= 4 is 5.91 Å². The Morgan fingerprint density at radius 3 is 2.76 bits per heavy atom. The first-order valence-electron chi connectivity index (χ1n) is 9.17. The Labute approximate surface area is 148 Å². The largest absolute Gasteiger partial charge is 0.338 e. The maximum Gasteiger partial charge on any atom is 0.254 e. The van der Waals surface area contributed by atoms with Crippen molar-refractivity contribution < 1.29 is 4.79 Å². The molecule has 1 saturated heterocycles. The van der Waals surface area contributed by atoms with Crippen LogP contribution in [0.1, 0.15) is 66.2 Å². The molecule has 1 saturated carbocycles. The predicted molar refractivity (Wildman–Crippen MR) is 94.3 cm³/mol. The number of nitrogens with one attached hydrogen (secondary N) is 1. The van der Waals surface area contributed by atoms with E-state index in [9.17, 15) is 4.79 Å². The monoisotopic (exact) mass is 339 g/mol. The highest BCUT2D eigenvalue weighted by Gasteiger charge is 2.45. The van der Waals surface area contributed by atoms with Gasteiger partial charge in [0.05, 0.1) is 0 Å². The number of rotatable bonds is 4. The zero-order valence-corrected chi connectivity index (χ0v) is 15.1. The molecular weight excluding hydrogens is 314 g/mol. The lowest BCUT2D eigenvalue weighted by molar-refractivity contribution is 0.0784. The molecule has 2 aliphatic rings. The van der Waals surface area contributed by atoms with Gasteiger partial charge in [-0.2, -0.15) is 5.10 Å². The number of H-pyrrole nitrogens is 1. The highest BCUT2D eigenvalue weighted by Crippen LogP contribution is 2.47. The standard InChI is InChI=1S/C19H25N5O/c1-11(2)17-21-18(23-22-17)16-10-24(9-15(16)13-4-5-13)19(25)14-6-7-20-12(3)8-14/h6-8,11,13,15-16H,4-5,9-10H2,1-3H3,(H,21,22,23)/t15-,16+/m1/s1. The van der Waals surface area contributed by atoms with Gasteiger partial charge in [0.1, 0.15) is 5.82 Å². The van der Waals surface area contributed by atoms with E-state index in [1.807, 2.05) is 17.9 Å². The molecule has 6 heteroatoms. The molecular formula is C19H25N5O. The molecule has 0 spiro atoms. The smallest absolute Gasteiger partial charge is 0.254 e. The fourth-order valence-electron chi connectivity index (χ4n) is 3.86. The third-order valence-corrected chi connectivity index (χ3v) is 5.41. The van der Waals surface area contributed by atoms with Crippen LogP contribution in [0.3, 0.4) is 0 Å². The van der Waals surface area contributed by atoms with E-state index in [0.29, 0.717) is 18.4 Å². The van der Waals surface area contributed by atoms with Crippen LogP contribution in [0.25, 0.3) is 0 Å². The van der Waals surface area contributed by atoms with Crippen LogP contribution in [0.4, 0.5) is 0 Å². The number of hydrogen-bond acceptors (Lipinski definition) is 4. The van der Waals surface area contributed by atoms with Gasteiger partial charge in [0.2, 0.25) is 0 Å². The number of carbonyl (C=O) groups is 1. The number of hydrogen-bond donors (Lipinski definition) is 1. The van der Waals surface area contributed by atoms with Crippen LogP contribution in [-0.4, -0.2) is 44.1 Å². The van der Waals surface area contributed by atoms with Gasteiger partial charge >= 0.3 is 0 Å². The van der Waals surface area contributed by atoms with Crippen molar-refractivity contribution in [2.75, 3.05) is 13.1 Å². The minimum atomic E-state index is 0.0993. The van der Waals surface area contributed by atoms with Gasteiger partial charge in [-0.15, -0.1) is 0 Å². The van der Waals surface area contributed by atoms with Crippen molar-refractivity contribution in [3.63, 3.8) is 0 Å². The van der Waals surface area contributed by atoms with E-state index < -0.39 is 0 Å². The summed E-state index contributed by atoms with van der Waals surface area (Å²) in [6, 6.07) is 3.67. The van der Waals surface area contributed by atoms with Crippen LogP contribution in [0.2, 0.25) is 0 Å². The topological polar surface area (TPSA) is 74.8 Å². The van der Waals surface area contributed by atoms with Gasteiger partial charge in [-0.1, -0.05) is 13.8 Å². The number of aryl methyl sites for hydroxylation is 1. The summed E-state index contributed by atoms with van der Waals surface area (Å²) >= 11 is 0. The second-order valence-corrected chi connectivity index (χ2v) is 7.74. The summed E-state index contributed by atoms with van der Waals surface area (Å²) in [5.41, 5.74) is 1.60. The number of carbonyl (C=O) groups excluding carboxylic acids is 1. The van der Waals surface area contributed by atoms with Gasteiger partial charge in [-0.3, -0.25) is 14.9 Å². The summed E-state index contributed by atoms with van der Waals surface area (Å²) in [5, 5.41) is 7.51. The molecule has 0 unspecified atom stereocenters. The first kappa shape index (κ1) is 16.2. The lowest BCUT2D eigenvalue weighted by Crippen LogP contribution is -2.29. The normalized spacial score (nSPS) is 23.4. The van der Waals surface area contributed by atoms with Gasteiger partial charge in [0.15, 0.2) is 5.82 Å². The molecule has 0 bridgehead atoms. The van der Waals surface area contributed by atoms with Gasteiger partial charge in [-0.05, 0) is 43.7 Å². The van der Waals surface area contributed by atoms with Crippen LogP contribution in [0.15, 0.2) is 18.3 Å². The van der Waals surface area contributed by atoms with Crippen LogP contribution >= 0.6 is 0 Å². The maximum atomic E-state index is 12.9. The molecule has 4 rings (SSSR count). The van der Waals surface area contributed by atoms with E-state index in [-0.39, 0.29) is 11.8 Å². The van der Waals surface area contributed by atoms with Gasteiger partial charge < -0.3 is 4.90 Å². The van der Waals surface area contributed by atoms with Crippen molar-refractivity contribution in [1.29, 1.82) is 0 Å². The minimum Gasteiger partial charge on any atom is -0.338 e. The molecule has 2 fully saturated rings. The average Bonchev–Trinajstić information content (AvgIpc) is 3.15. The Morgan fingerprint density at radius 2 is 2.12 bits per heavy atom. The Bertz CT molecular complexity index is 780. The number of nitrogens with zero attached hydrogens (tertiary/aromatic N) is 4. The van der Waals surface area contributed by atoms with Crippen molar-refractivity contribution in [2.45, 2.75) is 45.4 Å². The molecule has 6 nitrogen and oxygen atoms in total. The van der Waals surface area contributed by atoms with Gasteiger partial charge in [-0.25, -0.2) is 4.98 Å². The quantitative estimate of drug-likeness (QED) is 0.929. The van der Waals surface area contributed by atoms with Crippen LogP contribution in [-0.2, 0) is 0 Å². The Hall–Kier alpha value is -2.24. The zero-order chi connectivity index (χ0) is 17.6. The maximum absolute atomic E-state index is 12.9. The number of aromatic amines is 1. The summed E-state index contributed by atoms with van der Waals surface area (Å²) in [7, 11) is 0. The lowest BCUT2D eigenvalue weighted by atomic mass is 9.91. The molecule has 1 aliphatic heterocycles. The lowest BCUT2D eigenvalue weighted by Gasteiger charge is -2.16. The van der Waals surface area contributed by atoms with Gasteiger partial charge in [0, 0.05) is 42.4 Å². The molecule has 2 aromatic heterocycles. The van der Waals surface area contributed by atoms with Crippen molar-refractivity contribution in [1.82, 2.24) is 25.1 Å². The van der Waals surface area contributed by atoms with Crippen LogP contribution in [0, 0.1) is 18.8 Å². The third-order valence-electron chi connectivity index (χ3n) is 5.41. The first-order valence-corrected chi connectivity index (χ1v) is 9.17. The van der Waals surface area contributed by atoms with E-state index in [0.717, 1.165) is 35.4 Å². The number of amides is 1. The van der Waals surface area contributed by atoms with E-state index in [2.05, 4.69) is 29.0 Å². The summed E-state index contributed by atoms with van der Waals surface area (Å²) in [4.78, 5) is 23.8. The summed E-state index contributed by atoms with van der Waals surface area (Å²) in [6.07, 6.45) is 4.24. The SMILES string of the molecule is Cc1cc(C(=O)N2C[C@H](c3nc(C(C)C)n[nH]3)[C@@H](C3CC3)C2)ccn1. The molecule has 25 heavy (non-hydrogen) atoms. The number of pyridine rings is 1. The fourth-order valence-corrected chi connectivity index (χ4v) is 3.86. The predicted octanol–water partition coefficient (Wildman–Crippen LogP) is 2.90. The Balaban J connectivity index is 1.57. The second-order valence-electron chi connectivity index (χ2n) is 7.74. The van der Waals surface area contributed by atoms with E-state index in [1.165, 1.54) is 12.8 Å². The van der Waals surface area contributed by atoms with Crippen molar-refractivity contribution in [3.8, 4) is 0 Å². The zero-order valence-electron chi connectivity index (χ0n) is 15.1. The second kappa shape index (κ2) is 6.24. The van der Waals surface area contributed by atoms with Crippen molar-refractivity contribution in [3.05, 3.63) is 41.2 Å².